The summed E-state index contributed by atoms with van der Waals surface area (Å²) in [7, 11) is 1.65. The first-order valence-electron chi connectivity index (χ1n) is 9.37. The van der Waals surface area contributed by atoms with Crippen LogP contribution in [0, 0.1) is 0 Å². The number of esters is 1. The van der Waals surface area contributed by atoms with Crippen LogP contribution >= 0.6 is 11.6 Å². The van der Waals surface area contributed by atoms with Crippen molar-refractivity contribution in [3.05, 3.63) is 69.9 Å². The summed E-state index contributed by atoms with van der Waals surface area (Å²) >= 11 is 6.27. The van der Waals surface area contributed by atoms with Gasteiger partial charge in [-0.1, -0.05) is 43.6 Å². The predicted molar refractivity (Wildman–Crippen MR) is 113 cm³/mol. The Labute approximate surface area is 170 Å². The number of halogens is 1. The molecule has 0 bridgehead atoms. The van der Waals surface area contributed by atoms with E-state index in [9.17, 15) is 4.79 Å². The third-order valence-corrected chi connectivity index (χ3v) is 4.93. The molecule has 2 aromatic carbocycles. The smallest absolute Gasteiger partial charge is 0.357 e. The monoisotopic (exact) mass is 397 g/mol. The largest absolute Gasteiger partial charge is 0.496 e. The first-order valence-corrected chi connectivity index (χ1v) is 9.75. The minimum Gasteiger partial charge on any atom is -0.496 e. The molecule has 0 saturated carbocycles. The molecule has 3 aromatic rings. The van der Waals surface area contributed by atoms with Crippen molar-refractivity contribution in [1.29, 1.82) is 0 Å². The minimum absolute atomic E-state index is 0.168. The van der Waals surface area contributed by atoms with Crippen molar-refractivity contribution in [3.63, 3.8) is 0 Å². The number of para-hydroxylation sites is 1. The lowest BCUT2D eigenvalue weighted by atomic mass is 9.88. The zero-order chi connectivity index (χ0) is 20.3. The van der Waals surface area contributed by atoms with Crippen LogP contribution < -0.4 is 4.74 Å². The number of carbonyl (C=O) groups is 1. The number of hydrogen-bond acceptors (Lipinski definition) is 4. The molecule has 146 valence electrons. The van der Waals surface area contributed by atoms with Crippen molar-refractivity contribution < 1.29 is 14.3 Å². The maximum absolute atomic E-state index is 12.8. The lowest BCUT2D eigenvalue weighted by molar-refractivity contribution is 0.0518. The number of benzene rings is 2. The summed E-state index contributed by atoms with van der Waals surface area (Å²) < 4.78 is 10.8. The summed E-state index contributed by atoms with van der Waals surface area (Å²) in [6.07, 6.45) is 0.515. The van der Waals surface area contributed by atoms with Crippen LogP contribution in [0.25, 0.3) is 10.9 Å². The van der Waals surface area contributed by atoms with E-state index in [0.29, 0.717) is 23.7 Å². The molecule has 0 unspecified atom stereocenters. The Bertz CT molecular complexity index is 1010. The fourth-order valence-electron chi connectivity index (χ4n) is 3.55. The van der Waals surface area contributed by atoms with E-state index >= 15 is 0 Å². The highest BCUT2D eigenvalue weighted by Gasteiger charge is 2.24. The Balaban J connectivity index is 2.31. The molecule has 28 heavy (non-hydrogen) atoms. The molecule has 0 amide bonds. The van der Waals surface area contributed by atoms with Gasteiger partial charge in [0.1, 0.15) is 5.75 Å². The standard InChI is InChI=1S/C23H24ClNO3/c1-5-28-23(26)22-18(12-15-8-6-7-9-20(15)27-4)21(14(2)3)17-13-16(24)10-11-19(17)25-22/h6-11,13-14H,5,12H2,1-4H3. The zero-order valence-corrected chi connectivity index (χ0v) is 17.3. The second-order valence-corrected chi connectivity index (χ2v) is 7.31. The van der Waals surface area contributed by atoms with Gasteiger partial charge in [0.25, 0.3) is 0 Å². The number of rotatable bonds is 6. The molecule has 0 spiro atoms. The van der Waals surface area contributed by atoms with Crippen LogP contribution in [-0.4, -0.2) is 24.7 Å². The fourth-order valence-corrected chi connectivity index (χ4v) is 3.72. The minimum atomic E-state index is -0.411. The average molecular weight is 398 g/mol. The molecular weight excluding hydrogens is 374 g/mol. The van der Waals surface area contributed by atoms with Crippen molar-refractivity contribution in [2.45, 2.75) is 33.1 Å². The average Bonchev–Trinajstić information content (AvgIpc) is 2.67. The van der Waals surface area contributed by atoms with E-state index in [1.54, 1.807) is 20.1 Å². The summed E-state index contributed by atoms with van der Waals surface area (Å²) in [5.74, 6) is 0.534. The van der Waals surface area contributed by atoms with Gasteiger partial charge >= 0.3 is 5.97 Å². The molecule has 0 saturated heterocycles. The number of aromatic nitrogens is 1. The molecule has 0 aliphatic rings. The third kappa shape index (κ3) is 3.97. The van der Waals surface area contributed by atoms with E-state index in [4.69, 9.17) is 21.1 Å². The molecule has 0 radical (unpaired) electrons. The lowest BCUT2D eigenvalue weighted by Gasteiger charge is -2.20. The highest BCUT2D eigenvalue weighted by molar-refractivity contribution is 6.31. The van der Waals surface area contributed by atoms with E-state index < -0.39 is 5.97 Å². The van der Waals surface area contributed by atoms with Gasteiger partial charge in [-0.15, -0.1) is 0 Å². The van der Waals surface area contributed by atoms with Gasteiger partial charge in [0.05, 0.1) is 19.2 Å². The van der Waals surface area contributed by atoms with Gasteiger partial charge in [-0.2, -0.15) is 0 Å². The van der Waals surface area contributed by atoms with Crippen molar-refractivity contribution in [2.24, 2.45) is 0 Å². The fraction of sp³-hybridized carbons (Fsp3) is 0.304. The van der Waals surface area contributed by atoms with Crippen LogP contribution in [0.4, 0.5) is 0 Å². The van der Waals surface area contributed by atoms with E-state index in [1.165, 1.54) is 0 Å². The number of carbonyl (C=O) groups excluding carboxylic acids is 1. The topological polar surface area (TPSA) is 48.4 Å². The Morgan fingerprint density at radius 3 is 2.61 bits per heavy atom. The maximum Gasteiger partial charge on any atom is 0.357 e. The molecule has 0 aliphatic heterocycles. The van der Waals surface area contributed by atoms with E-state index in [-0.39, 0.29) is 5.92 Å². The molecule has 1 aromatic heterocycles. The normalized spacial score (nSPS) is 11.1. The number of nitrogens with zero attached hydrogens (tertiary/aromatic N) is 1. The highest BCUT2D eigenvalue weighted by Crippen LogP contribution is 2.34. The number of methoxy groups -OCH3 is 1. The molecule has 0 atom stereocenters. The zero-order valence-electron chi connectivity index (χ0n) is 16.6. The molecule has 0 N–H and O–H groups in total. The molecule has 0 fully saturated rings. The summed E-state index contributed by atoms with van der Waals surface area (Å²) in [6.45, 7) is 6.30. The first kappa shape index (κ1) is 20.2. The quantitative estimate of drug-likeness (QED) is 0.494. The van der Waals surface area contributed by atoms with E-state index in [2.05, 4.69) is 18.8 Å². The Morgan fingerprint density at radius 2 is 1.93 bits per heavy atom. The van der Waals surface area contributed by atoms with Crippen molar-refractivity contribution in [1.82, 2.24) is 4.98 Å². The Hall–Kier alpha value is -2.59. The second kappa shape index (κ2) is 8.61. The SMILES string of the molecule is CCOC(=O)c1nc2ccc(Cl)cc2c(C(C)C)c1Cc1ccccc1OC. The summed E-state index contributed by atoms with van der Waals surface area (Å²) in [6, 6.07) is 13.4. The van der Waals surface area contributed by atoms with Crippen molar-refractivity contribution in [3.8, 4) is 5.75 Å². The number of pyridine rings is 1. The lowest BCUT2D eigenvalue weighted by Crippen LogP contribution is -2.15. The molecule has 3 rings (SSSR count). The van der Waals surface area contributed by atoms with Crippen molar-refractivity contribution in [2.75, 3.05) is 13.7 Å². The van der Waals surface area contributed by atoms with Gasteiger partial charge in [0, 0.05) is 16.8 Å². The Morgan fingerprint density at radius 1 is 1.18 bits per heavy atom. The predicted octanol–water partition coefficient (Wildman–Crippen LogP) is 5.79. The molecular formula is C23H24ClNO3. The summed E-state index contributed by atoms with van der Waals surface area (Å²) in [5.41, 5.74) is 3.99. The van der Waals surface area contributed by atoms with Crippen LogP contribution in [0.5, 0.6) is 5.75 Å². The van der Waals surface area contributed by atoms with E-state index in [1.807, 2.05) is 36.4 Å². The van der Waals surface area contributed by atoms with Gasteiger partial charge in [0.15, 0.2) is 5.69 Å². The van der Waals surface area contributed by atoms with Crippen LogP contribution in [0.2, 0.25) is 5.02 Å². The Kier molecular flexibility index (Phi) is 6.20. The molecule has 1 heterocycles. The molecule has 4 nitrogen and oxygen atoms in total. The number of ether oxygens (including phenoxy) is 2. The second-order valence-electron chi connectivity index (χ2n) is 6.88. The van der Waals surface area contributed by atoms with Gasteiger partial charge < -0.3 is 9.47 Å². The van der Waals surface area contributed by atoms with Gasteiger partial charge in [0.2, 0.25) is 0 Å². The van der Waals surface area contributed by atoms with Crippen LogP contribution in [-0.2, 0) is 11.2 Å². The van der Waals surface area contributed by atoms with E-state index in [0.717, 1.165) is 33.3 Å². The van der Waals surface area contributed by atoms with Crippen molar-refractivity contribution >= 4 is 28.5 Å². The van der Waals surface area contributed by atoms with Gasteiger partial charge in [-0.05, 0) is 53.8 Å². The van der Waals surface area contributed by atoms with Crippen LogP contribution in [0.15, 0.2) is 42.5 Å². The molecule has 0 aliphatic carbocycles. The van der Waals surface area contributed by atoms with Gasteiger partial charge in [-0.3, -0.25) is 0 Å². The third-order valence-electron chi connectivity index (χ3n) is 4.70. The number of fused-ring (bicyclic) bond motifs is 1. The number of hydrogen-bond donors (Lipinski definition) is 0. The van der Waals surface area contributed by atoms with Crippen LogP contribution in [0.1, 0.15) is 53.9 Å². The molecule has 5 heteroatoms. The van der Waals surface area contributed by atoms with Crippen LogP contribution in [0.3, 0.4) is 0 Å². The first-order chi connectivity index (χ1) is 13.5. The van der Waals surface area contributed by atoms with Gasteiger partial charge in [-0.25, -0.2) is 9.78 Å². The summed E-state index contributed by atoms with van der Waals surface area (Å²) in [4.78, 5) is 17.4. The summed E-state index contributed by atoms with van der Waals surface area (Å²) in [5, 5.41) is 1.60. The maximum atomic E-state index is 12.8. The highest BCUT2D eigenvalue weighted by atomic mass is 35.5.